The number of allylic oxidation sites excluding steroid dienone is 6. The molecule has 0 amide bonds. The van der Waals surface area contributed by atoms with Crippen LogP contribution in [0.2, 0.25) is 5.02 Å². The Hall–Kier alpha value is -3.63. The summed E-state index contributed by atoms with van der Waals surface area (Å²) in [6, 6.07) is 8.45. The molecule has 0 saturated heterocycles. The first-order valence-corrected chi connectivity index (χ1v) is 12.6. The monoisotopic (exact) mass is 497 g/mol. The topological polar surface area (TPSA) is 46.4 Å². The molecular formula is C31H32ClN3O. The average Bonchev–Trinajstić information content (AvgIpc) is 3.14. The minimum absolute atomic E-state index is 0.534. The molecular weight excluding hydrogens is 466 g/mol. The van der Waals surface area contributed by atoms with Gasteiger partial charge in [-0.1, -0.05) is 49.4 Å². The molecule has 0 bridgehead atoms. The van der Waals surface area contributed by atoms with Gasteiger partial charge in [0.15, 0.2) is 6.29 Å². The smallest absolute Gasteiger partial charge is 0.150 e. The number of hydrogen-bond donors (Lipinski definition) is 1. The van der Waals surface area contributed by atoms with E-state index in [0.29, 0.717) is 17.1 Å². The highest BCUT2D eigenvalue weighted by molar-refractivity contribution is 6.32. The summed E-state index contributed by atoms with van der Waals surface area (Å²) >= 11 is 6.82. The van der Waals surface area contributed by atoms with Crippen LogP contribution < -0.4 is 5.32 Å². The summed E-state index contributed by atoms with van der Waals surface area (Å²) in [7, 11) is 0. The van der Waals surface area contributed by atoms with Crippen LogP contribution >= 0.6 is 11.6 Å². The SMILES string of the molecule is C=C(C)c1c(/C(C=O)=C/C=C\C)c2cc(C)c(C)cc2n1Cc1cc2c(cc1Cl)NC=N/C2=C/CC. The zero-order valence-corrected chi connectivity index (χ0v) is 22.3. The van der Waals surface area contributed by atoms with Crippen molar-refractivity contribution in [3.8, 4) is 0 Å². The molecule has 0 unspecified atom stereocenters. The van der Waals surface area contributed by atoms with Gasteiger partial charge in [0.05, 0.1) is 23.4 Å². The number of halogens is 1. The minimum Gasteiger partial charge on any atom is -0.346 e. The van der Waals surface area contributed by atoms with Crippen molar-refractivity contribution >= 4 is 57.7 Å². The zero-order valence-electron chi connectivity index (χ0n) is 21.6. The van der Waals surface area contributed by atoms with Gasteiger partial charge in [0.25, 0.3) is 0 Å². The number of nitrogens with zero attached hydrogens (tertiary/aromatic N) is 2. The fourth-order valence-electron chi connectivity index (χ4n) is 4.73. The van der Waals surface area contributed by atoms with Gasteiger partial charge in [-0.2, -0.15) is 0 Å². The number of fused-ring (bicyclic) bond motifs is 2. The van der Waals surface area contributed by atoms with Crippen molar-refractivity contribution in [3.63, 3.8) is 0 Å². The van der Waals surface area contributed by atoms with Crippen LogP contribution in [0.3, 0.4) is 0 Å². The maximum Gasteiger partial charge on any atom is 0.150 e. The first-order chi connectivity index (χ1) is 17.3. The number of carbonyl (C=O) groups is 1. The van der Waals surface area contributed by atoms with Crippen LogP contribution in [0.15, 0.2) is 60.1 Å². The number of aromatic nitrogens is 1. The van der Waals surface area contributed by atoms with Crippen molar-refractivity contribution in [1.29, 1.82) is 0 Å². The molecule has 3 aromatic rings. The summed E-state index contributed by atoms with van der Waals surface area (Å²) in [5, 5.41) is 4.92. The van der Waals surface area contributed by atoms with Crippen molar-refractivity contribution in [2.75, 3.05) is 5.32 Å². The van der Waals surface area contributed by atoms with Crippen LogP contribution in [-0.4, -0.2) is 17.2 Å². The maximum atomic E-state index is 12.3. The predicted octanol–water partition coefficient (Wildman–Crippen LogP) is 8.36. The van der Waals surface area contributed by atoms with Crippen LogP contribution in [-0.2, 0) is 11.3 Å². The number of nitrogens with one attached hydrogen (secondary N) is 1. The highest BCUT2D eigenvalue weighted by Crippen LogP contribution is 2.39. The summed E-state index contributed by atoms with van der Waals surface area (Å²) in [4.78, 5) is 16.8. The standard InChI is InChI=1S/C31H32ClN3O/c1-7-9-11-22(17-36)30-25-12-20(5)21(6)13-29(25)35(31(30)19(3)4)16-23-14-24-27(10-8-2)33-18-34-28(24)15-26(23)32/h7,9-15,17-18H,3,8,16H2,1-2,4-6H3,(H,33,34)/b9-7-,22-11+,27-10+. The molecule has 0 fully saturated rings. The van der Waals surface area contributed by atoms with E-state index in [-0.39, 0.29) is 0 Å². The fourth-order valence-corrected chi connectivity index (χ4v) is 4.95. The highest BCUT2D eigenvalue weighted by atomic mass is 35.5. The van der Waals surface area contributed by atoms with Gasteiger partial charge in [-0.25, -0.2) is 4.99 Å². The molecule has 2 aromatic carbocycles. The first-order valence-electron chi connectivity index (χ1n) is 12.2. The van der Waals surface area contributed by atoms with E-state index < -0.39 is 0 Å². The predicted molar refractivity (Wildman–Crippen MR) is 156 cm³/mol. The maximum absolute atomic E-state index is 12.3. The van der Waals surface area contributed by atoms with E-state index in [1.54, 1.807) is 6.34 Å². The van der Waals surface area contributed by atoms with Crippen LogP contribution in [0.1, 0.15) is 60.7 Å². The molecule has 1 aromatic heterocycles. The third-order valence-corrected chi connectivity index (χ3v) is 6.93. The Morgan fingerprint density at radius 3 is 2.61 bits per heavy atom. The van der Waals surface area contributed by atoms with Crippen LogP contribution in [0.5, 0.6) is 0 Å². The van der Waals surface area contributed by atoms with Crippen LogP contribution in [0, 0.1) is 13.8 Å². The van der Waals surface area contributed by atoms with Crippen LogP contribution in [0.4, 0.5) is 5.69 Å². The van der Waals surface area contributed by atoms with E-state index in [9.17, 15) is 4.79 Å². The largest absolute Gasteiger partial charge is 0.346 e. The van der Waals surface area contributed by atoms with E-state index in [2.05, 4.69) is 66.5 Å². The number of anilines is 1. The van der Waals surface area contributed by atoms with E-state index >= 15 is 0 Å². The summed E-state index contributed by atoms with van der Waals surface area (Å²) in [6.07, 6.45) is 11.3. The van der Waals surface area contributed by atoms with Gasteiger partial charge in [-0.05, 0) is 80.6 Å². The Labute approximate surface area is 218 Å². The molecule has 184 valence electrons. The second-order valence-electron chi connectivity index (χ2n) is 9.20. The van der Waals surface area contributed by atoms with Gasteiger partial charge >= 0.3 is 0 Å². The molecule has 0 spiro atoms. The van der Waals surface area contributed by atoms with E-state index in [1.807, 2.05) is 38.1 Å². The molecule has 1 aliphatic heterocycles. The highest BCUT2D eigenvalue weighted by Gasteiger charge is 2.23. The molecule has 1 aliphatic rings. The number of rotatable bonds is 7. The summed E-state index contributed by atoms with van der Waals surface area (Å²) < 4.78 is 2.24. The van der Waals surface area contributed by atoms with Crippen LogP contribution in [0.25, 0.3) is 27.7 Å². The molecule has 5 heteroatoms. The van der Waals surface area contributed by atoms with Gasteiger partial charge in [0.2, 0.25) is 0 Å². The van der Waals surface area contributed by atoms with Crippen molar-refractivity contribution in [2.45, 2.75) is 47.6 Å². The third-order valence-electron chi connectivity index (χ3n) is 6.58. The molecule has 4 rings (SSSR count). The van der Waals surface area contributed by atoms with E-state index in [1.165, 1.54) is 11.1 Å². The Morgan fingerprint density at radius 1 is 1.19 bits per heavy atom. The van der Waals surface area contributed by atoms with Crippen molar-refractivity contribution < 1.29 is 4.79 Å². The van der Waals surface area contributed by atoms with Gasteiger partial charge in [0, 0.05) is 39.2 Å². The van der Waals surface area contributed by atoms with E-state index in [0.717, 1.165) is 63.0 Å². The third kappa shape index (κ3) is 4.61. The number of aldehydes is 1. The molecule has 2 heterocycles. The van der Waals surface area contributed by atoms with Crippen molar-refractivity contribution in [1.82, 2.24) is 4.57 Å². The van der Waals surface area contributed by atoms with Crippen molar-refractivity contribution in [2.24, 2.45) is 4.99 Å². The normalized spacial score (nSPS) is 14.5. The van der Waals surface area contributed by atoms with Crippen molar-refractivity contribution in [3.05, 3.63) is 93.7 Å². The Bertz CT molecular complexity index is 1500. The summed E-state index contributed by atoms with van der Waals surface area (Å²) in [5.74, 6) is 0. The lowest BCUT2D eigenvalue weighted by molar-refractivity contribution is -0.103. The molecule has 0 radical (unpaired) electrons. The number of carbonyl (C=O) groups excluding carboxylic acids is 1. The van der Waals surface area contributed by atoms with Gasteiger partial charge in [-0.3, -0.25) is 4.79 Å². The number of benzene rings is 2. The number of aryl methyl sites for hydroxylation is 2. The quantitative estimate of drug-likeness (QED) is 0.202. The Morgan fingerprint density at radius 2 is 1.94 bits per heavy atom. The Balaban J connectivity index is 2.01. The molecule has 0 saturated carbocycles. The lowest BCUT2D eigenvalue weighted by Gasteiger charge is -2.19. The molecule has 0 atom stereocenters. The number of aliphatic imine (C=N–C) groups is 1. The van der Waals surface area contributed by atoms with Gasteiger partial charge < -0.3 is 9.88 Å². The summed E-state index contributed by atoms with van der Waals surface area (Å²) in [6.45, 7) is 15.1. The summed E-state index contributed by atoms with van der Waals surface area (Å²) in [5.41, 5.74) is 10.7. The molecule has 36 heavy (non-hydrogen) atoms. The lowest BCUT2D eigenvalue weighted by Crippen LogP contribution is -2.09. The zero-order chi connectivity index (χ0) is 26.0. The van der Waals surface area contributed by atoms with E-state index in [4.69, 9.17) is 11.6 Å². The number of hydrogen-bond acceptors (Lipinski definition) is 3. The van der Waals surface area contributed by atoms with Gasteiger partial charge in [-0.15, -0.1) is 0 Å². The van der Waals surface area contributed by atoms with Gasteiger partial charge in [0.1, 0.15) is 0 Å². The molecule has 1 N–H and O–H groups in total. The molecule has 4 nitrogen and oxygen atoms in total. The second-order valence-corrected chi connectivity index (χ2v) is 9.61. The second kappa shape index (κ2) is 10.5. The molecule has 0 aliphatic carbocycles. The lowest BCUT2D eigenvalue weighted by atomic mass is 9.97. The fraction of sp³-hybridized carbons (Fsp3) is 0.226. The first kappa shape index (κ1) is 25.5. The average molecular weight is 498 g/mol. The minimum atomic E-state index is 0.534. The Kier molecular flexibility index (Phi) is 7.46.